The average molecular weight is 313 g/mol. The van der Waals surface area contributed by atoms with Crippen LogP contribution in [0, 0.1) is 11.6 Å². The summed E-state index contributed by atoms with van der Waals surface area (Å²) in [5.74, 6) is -2.59. The van der Waals surface area contributed by atoms with E-state index in [9.17, 15) is 13.6 Å². The summed E-state index contributed by atoms with van der Waals surface area (Å²) in [6.45, 7) is 3.62. The predicted molar refractivity (Wildman–Crippen MR) is 73.7 cm³/mol. The third-order valence-electron chi connectivity index (χ3n) is 2.66. The fourth-order valence-corrected chi connectivity index (χ4v) is 2.45. The molecule has 0 saturated carbocycles. The van der Waals surface area contributed by atoms with Crippen molar-refractivity contribution in [2.45, 2.75) is 24.9 Å². The Balaban J connectivity index is 2.58. The lowest BCUT2D eigenvalue weighted by Gasteiger charge is -2.13. The van der Waals surface area contributed by atoms with E-state index >= 15 is 0 Å². The van der Waals surface area contributed by atoms with Gasteiger partial charge in [-0.1, -0.05) is 31.7 Å². The maximum Gasteiger partial charge on any atom is 0.313 e. The molecular formula is C13H13F2N3O2S. The summed E-state index contributed by atoms with van der Waals surface area (Å²) in [6.07, 6.45) is 0. The number of thioether (sulfide) groups is 1. The average Bonchev–Trinajstić information content (AvgIpc) is 2.80. The normalized spacial score (nSPS) is 11.1. The van der Waals surface area contributed by atoms with E-state index in [1.54, 1.807) is 0 Å². The van der Waals surface area contributed by atoms with Crippen molar-refractivity contribution in [3.05, 3.63) is 35.7 Å². The molecule has 0 aliphatic carbocycles. The van der Waals surface area contributed by atoms with Gasteiger partial charge in [-0.2, -0.15) is 0 Å². The van der Waals surface area contributed by atoms with Crippen LogP contribution in [0.25, 0.3) is 5.69 Å². The molecule has 8 heteroatoms. The van der Waals surface area contributed by atoms with Crippen LogP contribution in [0.1, 0.15) is 25.6 Å². The quantitative estimate of drug-likeness (QED) is 0.860. The monoisotopic (exact) mass is 313 g/mol. The van der Waals surface area contributed by atoms with Crippen molar-refractivity contribution in [3.63, 3.8) is 0 Å². The Bertz CT molecular complexity index is 653. The number of carboxylic acids is 1. The second kappa shape index (κ2) is 6.21. The molecule has 0 bridgehead atoms. The number of nitrogens with zero attached hydrogens (tertiary/aromatic N) is 3. The Morgan fingerprint density at radius 3 is 2.48 bits per heavy atom. The van der Waals surface area contributed by atoms with Gasteiger partial charge in [-0.15, -0.1) is 10.2 Å². The smallest absolute Gasteiger partial charge is 0.313 e. The number of carbonyl (C=O) groups is 1. The Hall–Kier alpha value is -1.96. The Morgan fingerprint density at radius 2 is 1.95 bits per heavy atom. The molecule has 1 heterocycles. The van der Waals surface area contributed by atoms with Crippen molar-refractivity contribution in [1.29, 1.82) is 0 Å². The molecule has 21 heavy (non-hydrogen) atoms. The number of para-hydroxylation sites is 1. The summed E-state index contributed by atoms with van der Waals surface area (Å²) in [6, 6.07) is 3.53. The van der Waals surface area contributed by atoms with Crippen LogP contribution < -0.4 is 0 Å². The summed E-state index contributed by atoms with van der Waals surface area (Å²) in [7, 11) is 0. The van der Waals surface area contributed by atoms with Crippen LogP contribution in [0.15, 0.2) is 23.4 Å². The Morgan fingerprint density at radius 1 is 1.33 bits per heavy atom. The summed E-state index contributed by atoms with van der Waals surface area (Å²) in [5.41, 5.74) is -0.293. The molecule has 2 rings (SSSR count). The predicted octanol–water partition coefficient (Wildman–Crippen LogP) is 2.85. The summed E-state index contributed by atoms with van der Waals surface area (Å²) < 4.78 is 29.2. The van der Waals surface area contributed by atoms with E-state index in [0.29, 0.717) is 5.82 Å². The molecule has 1 aromatic heterocycles. The number of rotatable bonds is 5. The van der Waals surface area contributed by atoms with Crippen LogP contribution in [0.4, 0.5) is 8.78 Å². The molecule has 0 saturated heterocycles. The molecule has 0 aliphatic rings. The molecular weight excluding hydrogens is 300 g/mol. The van der Waals surface area contributed by atoms with Gasteiger partial charge in [-0.05, 0) is 12.1 Å². The SMILES string of the molecule is CC(C)c1nnc(SCC(=O)O)n1-c1c(F)cccc1F. The number of aliphatic carboxylic acids is 1. The van der Waals surface area contributed by atoms with E-state index in [1.807, 2.05) is 13.8 Å². The molecule has 1 N–H and O–H groups in total. The lowest BCUT2D eigenvalue weighted by Crippen LogP contribution is -2.09. The minimum Gasteiger partial charge on any atom is -0.481 e. The molecule has 5 nitrogen and oxygen atoms in total. The van der Waals surface area contributed by atoms with Gasteiger partial charge in [-0.3, -0.25) is 9.36 Å². The van der Waals surface area contributed by atoms with Crippen LogP contribution in [0.5, 0.6) is 0 Å². The standard InChI is InChI=1S/C13H13F2N3O2S/c1-7(2)12-16-17-13(21-6-10(19)20)18(12)11-8(14)4-3-5-9(11)15/h3-5,7H,6H2,1-2H3,(H,19,20). The highest BCUT2D eigenvalue weighted by Gasteiger charge is 2.22. The number of aromatic nitrogens is 3. The molecule has 0 atom stereocenters. The maximum absolute atomic E-state index is 14.0. The number of carboxylic acid groups (broad SMARTS) is 1. The van der Waals surface area contributed by atoms with Gasteiger partial charge in [0.15, 0.2) is 5.16 Å². The van der Waals surface area contributed by atoms with Crippen molar-refractivity contribution < 1.29 is 18.7 Å². The van der Waals surface area contributed by atoms with Gasteiger partial charge in [0.25, 0.3) is 0 Å². The van der Waals surface area contributed by atoms with Crippen molar-refractivity contribution in [1.82, 2.24) is 14.8 Å². The zero-order chi connectivity index (χ0) is 15.6. The summed E-state index contributed by atoms with van der Waals surface area (Å²) in [5, 5.41) is 16.6. The number of halogens is 2. The van der Waals surface area contributed by atoms with Gasteiger partial charge >= 0.3 is 5.97 Å². The Labute approximate surface area is 124 Å². The van der Waals surface area contributed by atoms with Gasteiger partial charge in [0.1, 0.15) is 23.1 Å². The van der Waals surface area contributed by atoms with Crippen molar-refractivity contribution in [3.8, 4) is 5.69 Å². The molecule has 112 valence electrons. The van der Waals surface area contributed by atoms with E-state index in [-0.39, 0.29) is 22.5 Å². The number of benzene rings is 1. The molecule has 0 amide bonds. The third-order valence-corrected chi connectivity index (χ3v) is 3.57. The fraction of sp³-hybridized carbons (Fsp3) is 0.308. The first kappa shape index (κ1) is 15.4. The van der Waals surface area contributed by atoms with Gasteiger partial charge in [0.2, 0.25) is 0 Å². The van der Waals surface area contributed by atoms with E-state index in [2.05, 4.69) is 10.2 Å². The van der Waals surface area contributed by atoms with Gasteiger partial charge in [0.05, 0.1) is 5.75 Å². The molecule has 2 aromatic rings. The molecule has 0 aliphatic heterocycles. The molecule has 0 radical (unpaired) electrons. The van der Waals surface area contributed by atoms with Gasteiger partial charge in [-0.25, -0.2) is 8.78 Å². The third kappa shape index (κ3) is 3.21. The first-order valence-electron chi connectivity index (χ1n) is 6.16. The zero-order valence-corrected chi connectivity index (χ0v) is 12.2. The maximum atomic E-state index is 14.0. The molecule has 1 aromatic carbocycles. The van der Waals surface area contributed by atoms with E-state index in [0.717, 1.165) is 23.9 Å². The lowest BCUT2D eigenvalue weighted by molar-refractivity contribution is -0.133. The molecule has 0 spiro atoms. The number of hydrogen-bond acceptors (Lipinski definition) is 4. The minimum atomic E-state index is -1.05. The largest absolute Gasteiger partial charge is 0.481 e. The van der Waals surface area contributed by atoms with Crippen LogP contribution in [-0.2, 0) is 4.79 Å². The topological polar surface area (TPSA) is 68.0 Å². The zero-order valence-electron chi connectivity index (χ0n) is 11.4. The summed E-state index contributed by atoms with van der Waals surface area (Å²) in [4.78, 5) is 10.7. The molecule has 0 unspecified atom stereocenters. The van der Waals surface area contributed by atoms with Crippen LogP contribution >= 0.6 is 11.8 Å². The Kier molecular flexibility index (Phi) is 4.56. The highest BCUT2D eigenvalue weighted by atomic mass is 32.2. The fourth-order valence-electron chi connectivity index (χ4n) is 1.79. The van der Waals surface area contributed by atoms with Crippen molar-refractivity contribution in [2.75, 3.05) is 5.75 Å². The van der Waals surface area contributed by atoms with Crippen molar-refractivity contribution >= 4 is 17.7 Å². The first-order valence-corrected chi connectivity index (χ1v) is 7.14. The first-order chi connectivity index (χ1) is 9.91. The van der Waals surface area contributed by atoms with Gasteiger partial charge in [0, 0.05) is 5.92 Å². The van der Waals surface area contributed by atoms with E-state index in [1.165, 1.54) is 10.6 Å². The van der Waals surface area contributed by atoms with E-state index < -0.39 is 17.6 Å². The lowest BCUT2D eigenvalue weighted by atomic mass is 10.2. The van der Waals surface area contributed by atoms with E-state index in [4.69, 9.17) is 5.11 Å². The minimum absolute atomic E-state index is 0.129. The van der Waals surface area contributed by atoms with Crippen LogP contribution in [-0.4, -0.2) is 31.6 Å². The van der Waals surface area contributed by atoms with Crippen LogP contribution in [0.2, 0.25) is 0 Å². The molecule has 0 fully saturated rings. The second-order valence-corrected chi connectivity index (χ2v) is 5.53. The number of hydrogen-bond donors (Lipinski definition) is 1. The van der Waals surface area contributed by atoms with Crippen molar-refractivity contribution in [2.24, 2.45) is 0 Å². The highest BCUT2D eigenvalue weighted by Crippen LogP contribution is 2.28. The summed E-state index contributed by atoms with van der Waals surface area (Å²) >= 11 is 0.862. The van der Waals surface area contributed by atoms with Crippen LogP contribution in [0.3, 0.4) is 0 Å². The second-order valence-electron chi connectivity index (χ2n) is 4.58. The highest BCUT2D eigenvalue weighted by molar-refractivity contribution is 7.99. The van der Waals surface area contributed by atoms with Gasteiger partial charge < -0.3 is 5.11 Å².